The molecule has 3 unspecified atom stereocenters. The molecule has 0 heterocycles. The molecule has 3 heteroatoms. The van der Waals surface area contributed by atoms with Crippen molar-refractivity contribution in [2.24, 2.45) is 11.8 Å². The van der Waals surface area contributed by atoms with Gasteiger partial charge in [0.2, 0.25) is 0 Å². The van der Waals surface area contributed by atoms with Gasteiger partial charge in [-0.1, -0.05) is 31.9 Å². The van der Waals surface area contributed by atoms with Crippen LogP contribution in [0.25, 0.3) is 0 Å². The van der Waals surface area contributed by atoms with Crippen LogP contribution in [0.15, 0.2) is 18.2 Å². The first-order valence-electron chi connectivity index (χ1n) is 6.57. The van der Waals surface area contributed by atoms with Crippen molar-refractivity contribution in [3.8, 4) is 0 Å². The Balaban J connectivity index is 2.23. The van der Waals surface area contributed by atoms with E-state index in [4.69, 9.17) is 11.6 Å². The molecule has 1 saturated carbocycles. The number of hydrogen-bond acceptors (Lipinski definition) is 1. The third-order valence-corrected chi connectivity index (χ3v) is 4.58. The molecular formula is C15H20ClFO. The fraction of sp³-hybridized carbons (Fsp3) is 0.600. The average Bonchev–Trinajstić information content (AvgIpc) is 2.29. The van der Waals surface area contributed by atoms with Gasteiger partial charge >= 0.3 is 0 Å². The quantitative estimate of drug-likeness (QED) is 0.854. The minimum atomic E-state index is -0.755. The smallest absolute Gasteiger partial charge is 0.123 e. The second-order valence-corrected chi connectivity index (χ2v) is 6.21. The van der Waals surface area contributed by atoms with Gasteiger partial charge in [0, 0.05) is 11.4 Å². The number of hydrogen-bond donors (Lipinski definition) is 1. The summed E-state index contributed by atoms with van der Waals surface area (Å²) in [4.78, 5) is 0. The maximum Gasteiger partial charge on any atom is 0.123 e. The highest BCUT2D eigenvalue weighted by atomic mass is 35.5. The zero-order valence-corrected chi connectivity index (χ0v) is 11.7. The lowest BCUT2D eigenvalue weighted by molar-refractivity contribution is -0.0560. The van der Waals surface area contributed by atoms with Crippen LogP contribution in [0.3, 0.4) is 0 Å². The van der Waals surface area contributed by atoms with Crippen molar-refractivity contribution in [3.63, 3.8) is 0 Å². The van der Waals surface area contributed by atoms with Gasteiger partial charge in [-0.3, -0.25) is 0 Å². The summed E-state index contributed by atoms with van der Waals surface area (Å²) in [6.45, 7) is 4.23. The van der Waals surface area contributed by atoms with Crippen molar-refractivity contribution < 1.29 is 9.50 Å². The SMILES string of the molecule is CC1CCC(C)C(O)(Cc2cc(F)ccc2Cl)C1. The first-order valence-corrected chi connectivity index (χ1v) is 6.95. The van der Waals surface area contributed by atoms with Crippen LogP contribution in [0.1, 0.15) is 38.7 Å². The number of benzene rings is 1. The Morgan fingerprint density at radius 3 is 2.83 bits per heavy atom. The third-order valence-electron chi connectivity index (χ3n) is 4.22. The summed E-state index contributed by atoms with van der Waals surface area (Å²) < 4.78 is 13.3. The van der Waals surface area contributed by atoms with E-state index in [1.165, 1.54) is 12.1 Å². The Morgan fingerprint density at radius 2 is 2.11 bits per heavy atom. The highest BCUT2D eigenvalue weighted by Gasteiger charge is 2.39. The van der Waals surface area contributed by atoms with Crippen LogP contribution in [-0.2, 0) is 6.42 Å². The molecule has 1 N–H and O–H groups in total. The molecule has 2 rings (SSSR count). The molecule has 3 atom stereocenters. The van der Waals surface area contributed by atoms with Gasteiger partial charge in [-0.2, -0.15) is 0 Å². The second-order valence-electron chi connectivity index (χ2n) is 5.80. The van der Waals surface area contributed by atoms with Crippen LogP contribution in [0.5, 0.6) is 0 Å². The molecule has 18 heavy (non-hydrogen) atoms. The van der Waals surface area contributed by atoms with Gasteiger partial charge in [0.15, 0.2) is 0 Å². The van der Waals surface area contributed by atoms with Gasteiger partial charge in [-0.15, -0.1) is 0 Å². The molecule has 0 bridgehead atoms. The van der Waals surface area contributed by atoms with Crippen LogP contribution in [0, 0.1) is 17.7 Å². The summed E-state index contributed by atoms with van der Waals surface area (Å²) in [6.07, 6.45) is 3.38. The zero-order valence-electron chi connectivity index (χ0n) is 10.9. The molecule has 0 radical (unpaired) electrons. The lowest BCUT2D eigenvalue weighted by atomic mass is 9.69. The fourth-order valence-corrected chi connectivity index (χ4v) is 3.15. The molecule has 100 valence electrons. The van der Waals surface area contributed by atoms with Gasteiger partial charge < -0.3 is 5.11 Å². The third kappa shape index (κ3) is 2.86. The van der Waals surface area contributed by atoms with E-state index in [-0.39, 0.29) is 11.7 Å². The maximum atomic E-state index is 13.3. The van der Waals surface area contributed by atoms with E-state index in [0.29, 0.717) is 22.9 Å². The summed E-state index contributed by atoms with van der Waals surface area (Å²) in [7, 11) is 0. The first kappa shape index (κ1) is 13.8. The molecule has 0 spiro atoms. The van der Waals surface area contributed by atoms with Gasteiger partial charge in [-0.25, -0.2) is 4.39 Å². The summed E-state index contributed by atoms with van der Waals surface area (Å²) in [5.74, 6) is 0.445. The van der Waals surface area contributed by atoms with Crippen molar-refractivity contribution in [2.75, 3.05) is 0 Å². The summed E-state index contributed by atoms with van der Waals surface area (Å²) in [5.41, 5.74) is -0.0464. The van der Waals surface area contributed by atoms with E-state index in [0.717, 1.165) is 19.3 Å². The molecule has 1 aromatic carbocycles. The topological polar surface area (TPSA) is 20.2 Å². The molecule has 0 saturated heterocycles. The molecule has 1 fully saturated rings. The maximum absolute atomic E-state index is 13.3. The molecule has 1 nitrogen and oxygen atoms in total. The van der Waals surface area contributed by atoms with Crippen molar-refractivity contribution in [3.05, 3.63) is 34.6 Å². The first-order chi connectivity index (χ1) is 8.40. The highest BCUT2D eigenvalue weighted by molar-refractivity contribution is 6.31. The van der Waals surface area contributed by atoms with Crippen LogP contribution in [0.4, 0.5) is 4.39 Å². The standard InChI is InChI=1S/C15H20ClFO/c1-10-3-4-11(2)15(18,8-10)9-12-7-13(17)5-6-14(12)16/h5-7,10-11,18H,3-4,8-9H2,1-2H3. The lowest BCUT2D eigenvalue weighted by Gasteiger charge is -2.41. The monoisotopic (exact) mass is 270 g/mol. The second kappa shape index (κ2) is 5.18. The molecule has 1 aromatic rings. The van der Waals surface area contributed by atoms with E-state index in [1.54, 1.807) is 6.07 Å². The largest absolute Gasteiger partial charge is 0.389 e. The van der Waals surface area contributed by atoms with Gasteiger partial charge in [-0.05, 0) is 48.4 Å². The Labute approximate surface area is 113 Å². The van der Waals surface area contributed by atoms with Gasteiger partial charge in [0.1, 0.15) is 5.82 Å². The Hall–Kier alpha value is -0.600. The van der Waals surface area contributed by atoms with Crippen LogP contribution in [-0.4, -0.2) is 10.7 Å². The van der Waals surface area contributed by atoms with E-state index >= 15 is 0 Å². The van der Waals surface area contributed by atoms with Crippen LogP contribution in [0.2, 0.25) is 5.02 Å². The molecule has 1 aliphatic carbocycles. The van der Waals surface area contributed by atoms with Gasteiger partial charge in [0.05, 0.1) is 5.60 Å². The Kier molecular flexibility index (Phi) is 3.98. The molecule has 0 amide bonds. The predicted octanol–water partition coefficient (Wildman–Crippen LogP) is 4.21. The zero-order chi connectivity index (χ0) is 13.3. The summed E-state index contributed by atoms with van der Waals surface area (Å²) >= 11 is 6.08. The Bertz CT molecular complexity index is 435. The summed E-state index contributed by atoms with van der Waals surface area (Å²) in [6, 6.07) is 4.35. The molecule has 1 aliphatic rings. The molecule has 0 aliphatic heterocycles. The van der Waals surface area contributed by atoms with E-state index in [9.17, 15) is 9.50 Å². The van der Waals surface area contributed by atoms with Crippen LogP contribution < -0.4 is 0 Å². The number of aliphatic hydroxyl groups is 1. The van der Waals surface area contributed by atoms with Crippen molar-refractivity contribution in [1.29, 1.82) is 0 Å². The fourth-order valence-electron chi connectivity index (χ4n) is 2.96. The highest BCUT2D eigenvalue weighted by Crippen LogP contribution is 2.39. The molecule has 0 aromatic heterocycles. The lowest BCUT2D eigenvalue weighted by Crippen LogP contribution is -2.43. The van der Waals surface area contributed by atoms with Gasteiger partial charge in [0.25, 0.3) is 0 Å². The van der Waals surface area contributed by atoms with Crippen LogP contribution >= 0.6 is 11.6 Å². The average molecular weight is 271 g/mol. The minimum Gasteiger partial charge on any atom is -0.389 e. The normalized spacial score (nSPS) is 32.5. The van der Waals surface area contributed by atoms with Crippen molar-refractivity contribution in [1.82, 2.24) is 0 Å². The number of rotatable bonds is 2. The molecular weight excluding hydrogens is 251 g/mol. The minimum absolute atomic E-state index is 0.230. The van der Waals surface area contributed by atoms with Crippen molar-refractivity contribution in [2.45, 2.75) is 45.1 Å². The number of halogens is 2. The Morgan fingerprint density at radius 1 is 1.39 bits per heavy atom. The van der Waals surface area contributed by atoms with E-state index in [2.05, 4.69) is 13.8 Å². The van der Waals surface area contributed by atoms with E-state index in [1.807, 2.05) is 0 Å². The predicted molar refractivity (Wildman–Crippen MR) is 72.2 cm³/mol. The van der Waals surface area contributed by atoms with Crippen molar-refractivity contribution >= 4 is 11.6 Å². The summed E-state index contributed by atoms with van der Waals surface area (Å²) in [5, 5.41) is 11.3. The van der Waals surface area contributed by atoms with E-state index < -0.39 is 5.60 Å².